The molecule has 486 valence electrons. The van der Waals surface area contributed by atoms with Crippen LogP contribution in [0.15, 0.2) is 71.9 Å². The quantitative estimate of drug-likeness (QED) is 0.0503. The number of rotatable bonds is 20. The van der Waals surface area contributed by atoms with Crippen molar-refractivity contribution < 1.29 is 72.0 Å². The molecule has 14 atom stereocenters. The number of allylic oxidation sites excluding steroid dienone is 6. The van der Waals surface area contributed by atoms with Gasteiger partial charge in [0.05, 0.1) is 73.2 Å². The fraction of sp³-hybridized carbons (Fsp3) is 0.818. The number of ether oxygens (including phenoxy) is 6. The van der Waals surface area contributed by atoms with Gasteiger partial charge in [-0.3, -0.25) is 0 Å². The molecular weight excluding hydrogens is 1190 g/mol. The minimum atomic E-state index is -1.66. The van der Waals surface area contributed by atoms with Gasteiger partial charge in [-0.15, -0.1) is 13.2 Å². The van der Waals surface area contributed by atoms with E-state index < -0.39 is 13.0 Å². The van der Waals surface area contributed by atoms with Gasteiger partial charge in [0.1, 0.15) is 0 Å². The zero-order valence-corrected chi connectivity index (χ0v) is 56.7. The Kier molecular flexibility index (Phi) is 52.0. The standard InChI is InChI=1S/6C11H20O2.3ClH.Rh/c3*1-3-7-13-11-6-5-9(4-2)8-10(11)12;3*1-3-7-13-11-8-9(4-2)5-6-10(11)12;;;;/h2*4,10-12H,3,5-8H2,1-2H3;4,9-12H,2-3,5-8H2,1H3;2*4,10-12H,3,5-8H2,1-2H3;4,9-12H,2-3,5-8H2,1H3;3*1H;/q;;;;;;;;;+3/p-3/b9-4+;9-4-;;9-4+;9-4-;;;;;. The first kappa shape index (κ1) is 81.5. The molecule has 0 heterocycles. The number of aliphatic hydroxyl groups excluding tert-OH is 6. The molecule has 12 nitrogen and oxygen atoms in total. The molecule has 0 amide bonds. The molecule has 0 bridgehead atoms. The summed E-state index contributed by atoms with van der Waals surface area (Å²) in [4.78, 5) is 0. The van der Waals surface area contributed by atoms with Gasteiger partial charge < -0.3 is 59.1 Å². The Hall–Kier alpha value is -0.547. The summed E-state index contributed by atoms with van der Waals surface area (Å²) in [6.07, 6.45) is 34.3. The molecule has 6 aliphatic rings. The van der Waals surface area contributed by atoms with E-state index >= 15 is 0 Å². The summed E-state index contributed by atoms with van der Waals surface area (Å²) in [6.45, 7) is 32.8. The number of hydrogen-bond acceptors (Lipinski definition) is 12. The Labute approximate surface area is 517 Å². The van der Waals surface area contributed by atoms with Crippen LogP contribution in [0.5, 0.6) is 0 Å². The first-order valence-electron chi connectivity index (χ1n) is 31.6. The molecule has 0 spiro atoms. The van der Waals surface area contributed by atoms with Gasteiger partial charge in [0.15, 0.2) is 0 Å². The molecule has 6 N–H and O–H groups in total. The third kappa shape index (κ3) is 38.0. The molecule has 6 fully saturated rings. The SMILES string of the molecule is C/C=C1/CCC(O)C(OCCC)C1.C/C=C1/CCC(OCCC)C(O)C1.C/C=C1\CCC(O)C(OCCC)C1.C/C=C1\CCC(OCCC)C(O)C1.C=CC1CCC(O)C(OCCC)C1.C=CC1CCC(OCCC)C(O)C1.[Cl][Rh]([Cl])[Cl]. The van der Waals surface area contributed by atoms with Gasteiger partial charge in [-0.05, 0) is 194 Å². The van der Waals surface area contributed by atoms with Crippen LogP contribution in [0.2, 0.25) is 0 Å². The van der Waals surface area contributed by atoms with Gasteiger partial charge in [0.25, 0.3) is 0 Å². The number of hydrogen-bond donors (Lipinski definition) is 6. The van der Waals surface area contributed by atoms with E-state index in [1.54, 1.807) is 0 Å². The summed E-state index contributed by atoms with van der Waals surface area (Å²) in [5, 5.41) is 58.1. The second kappa shape index (κ2) is 52.4. The van der Waals surface area contributed by atoms with Crippen LogP contribution < -0.4 is 0 Å². The Morgan fingerprint density at radius 3 is 0.963 bits per heavy atom. The summed E-state index contributed by atoms with van der Waals surface area (Å²) in [5.74, 6) is 1.02. The molecule has 0 aromatic rings. The topological polar surface area (TPSA) is 177 Å². The fourth-order valence-electron chi connectivity index (χ4n) is 10.6. The molecule has 0 radical (unpaired) electrons. The van der Waals surface area contributed by atoms with Crippen LogP contribution in [0.3, 0.4) is 0 Å². The molecule has 6 saturated carbocycles. The maximum absolute atomic E-state index is 9.73. The van der Waals surface area contributed by atoms with Crippen LogP contribution >= 0.6 is 29.1 Å². The van der Waals surface area contributed by atoms with Gasteiger partial charge in [-0.2, -0.15) is 0 Å². The predicted octanol–water partition coefficient (Wildman–Crippen LogP) is 15.4. The molecule has 0 aliphatic heterocycles. The fourth-order valence-corrected chi connectivity index (χ4v) is 10.6. The third-order valence-corrected chi connectivity index (χ3v) is 15.7. The average molecular weight is 1310 g/mol. The molecule has 0 aromatic heterocycles. The van der Waals surface area contributed by atoms with Gasteiger partial charge in [0, 0.05) is 39.6 Å². The van der Waals surface area contributed by atoms with Gasteiger partial charge in [-0.25, -0.2) is 0 Å². The van der Waals surface area contributed by atoms with Crippen LogP contribution in [-0.2, 0) is 41.4 Å². The monoisotopic (exact) mass is 1310 g/mol. The van der Waals surface area contributed by atoms with Crippen molar-refractivity contribution in [2.45, 2.75) is 297 Å². The molecule has 6 rings (SSSR count). The Balaban J connectivity index is 0.000000947. The molecule has 6 aliphatic carbocycles. The molecule has 82 heavy (non-hydrogen) atoms. The van der Waals surface area contributed by atoms with Crippen molar-refractivity contribution in [1.82, 2.24) is 0 Å². The number of halogens is 3. The van der Waals surface area contributed by atoms with E-state index in [0.29, 0.717) is 11.8 Å². The molecule has 14 unspecified atom stereocenters. The second-order valence-electron chi connectivity index (χ2n) is 22.4. The summed E-state index contributed by atoms with van der Waals surface area (Å²) >= 11 is -1.66. The van der Waals surface area contributed by atoms with E-state index in [0.717, 1.165) is 194 Å². The van der Waals surface area contributed by atoms with Crippen molar-refractivity contribution in [2.75, 3.05) is 39.6 Å². The van der Waals surface area contributed by atoms with Crippen LogP contribution in [0.1, 0.15) is 223 Å². The van der Waals surface area contributed by atoms with Gasteiger partial charge in [0.2, 0.25) is 0 Å². The van der Waals surface area contributed by atoms with Crippen molar-refractivity contribution in [3.05, 3.63) is 71.9 Å². The molecule has 0 saturated heterocycles. The van der Waals surface area contributed by atoms with Gasteiger partial charge in [-0.1, -0.05) is 100 Å². The van der Waals surface area contributed by atoms with Crippen molar-refractivity contribution in [2.24, 2.45) is 11.8 Å². The zero-order chi connectivity index (χ0) is 61.7. The van der Waals surface area contributed by atoms with Crippen molar-refractivity contribution in [3.8, 4) is 0 Å². The van der Waals surface area contributed by atoms with E-state index in [1.165, 1.54) is 22.3 Å². The average Bonchev–Trinajstić information content (AvgIpc) is 3.50. The van der Waals surface area contributed by atoms with Gasteiger partial charge >= 0.3 is 42.1 Å². The Morgan fingerprint density at radius 2 is 0.646 bits per heavy atom. The summed E-state index contributed by atoms with van der Waals surface area (Å²) in [7, 11) is 14.8. The molecular formula is C66H120Cl3O12Rh. The van der Waals surface area contributed by atoms with E-state index in [1.807, 2.05) is 26.0 Å². The predicted molar refractivity (Wildman–Crippen MR) is 339 cm³/mol. The van der Waals surface area contributed by atoms with Crippen molar-refractivity contribution in [3.63, 3.8) is 0 Å². The second-order valence-corrected chi connectivity index (χ2v) is 29.8. The number of aliphatic hydroxyl groups is 6. The molecule has 16 heteroatoms. The summed E-state index contributed by atoms with van der Waals surface area (Å²) in [5.41, 5.74) is 5.57. The zero-order valence-electron chi connectivity index (χ0n) is 52.8. The van der Waals surface area contributed by atoms with E-state index in [-0.39, 0.29) is 73.2 Å². The van der Waals surface area contributed by atoms with Crippen molar-refractivity contribution in [1.29, 1.82) is 0 Å². The van der Waals surface area contributed by atoms with Crippen LogP contribution in [0.4, 0.5) is 0 Å². The van der Waals surface area contributed by atoms with E-state index in [4.69, 9.17) is 57.5 Å². The summed E-state index contributed by atoms with van der Waals surface area (Å²) in [6, 6.07) is 0. The van der Waals surface area contributed by atoms with Crippen LogP contribution in [0, 0.1) is 11.8 Å². The Morgan fingerprint density at radius 1 is 0.366 bits per heavy atom. The maximum atomic E-state index is 9.73. The van der Waals surface area contributed by atoms with Crippen LogP contribution in [-0.4, -0.2) is 144 Å². The normalized spacial score (nSPS) is 32.0. The van der Waals surface area contributed by atoms with Crippen LogP contribution in [0.25, 0.3) is 0 Å². The van der Waals surface area contributed by atoms with Crippen molar-refractivity contribution >= 4 is 29.1 Å². The first-order chi connectivity index (χ1) is 39.4. The van der Waals surface area contributed by atoms with E-state index in [9.17, 15) is 30.6 Å². The summed E-state index contributed by atoms with van der Waals surface area (Å²) < 4.78 is 33.4. The Bertz CT molecular complexity index is 1600. The van der Waals surface area contributed by atoms with E-state index in [2.05, 4.69) is 92.9 Å². The first-order valence-corrected chi connectivity index (χ1v) is 38.0. The third-order valence-electron chi connectivity index (χ3n) is 15.7. The molecule has 0 aromatic carbocycles. The minimum absolute atomic E-state index is 0.0386.